The van der Waals surface area contributed by atoms with E-state index in [0.717, 1.165) is 59.7 Å². The van der Waals surface area contributed by atoms with E-state index in [9.17, 15) is 4.79 Å². The number of nitrogens with one attached hydrogen (secondary N) is 2. The summed E-state index contributed by atoms with van der Waals surface area (Å²) in [6, 6.07) is 18.4. The molecule has 0 saturated carbocycles. The van der Waals surface area contributed by atoms with Gasteiger partial charge in [0.05, 0.1) is 28.9 Å². The Balaban J connectivity index is 1.29. The van der Waals surface area contributed by atoms with Crippen LogP contribution in [0, 0.1) is 6.92 Å². The zero-order valence-electron chi connectivity index (χ0n) is 21.2. The highest BCUT2D eigenvalue weighted by atomic mass is 16.5. The normalized spacial score (nSPS) is 19.9. The number of hydrogen-bond donors (Lipinski definition) is 2. The van der Waals surface area contributed by atoms with Gasteiger partial charge in [0.15, 0.2) is 0 Å². The van der Waals surface area contributed by atoms with Crippen LogP contribution in [-0.2, 0) is 4.74 Å². The van der Waals surface area contributed by atoms with Crippen LogP contribution in [0.15, 0.2) is 60.8 Å². The van der Waals surface area contributed by atoms with Crippen molar-refractivity contribution in [2.45, 2.75) is 51.2 Å². The van der Waals surface area contributed by atoms with Gasteiger partial charge in [0, 0.05) is 54.4 Å². The third-order valence-electron chi connectivity index (χ3n) is 7.51. The number of carbonyl (C=O) groups excluding carboxylic acids is 1. The fraction of sp³-hybridized carbons (Fsp3) is 0.367. The van der Waals surface area contributed by atoms with Crippen molar-refractivity contribution in [3.63, 3.8) is 0 Å². The van der Waals surface area contributed by atoms with Crippen molar-refractivity contribution in [1.29, 1.82) is 0 Å². The summed E-state index contributed by atoms with van der Waals surface area (Å²) in [5.41, 5.74) is 7.93. The summed E-state index contributed by atoms with van der Waals surface area (Å²) in [5, 5.41) is 6.90. The highest BCUT2D eigenvalue weighted by molar-refractivity contribution is 5.95. The summed E-state index contributed by atoms with van der Waals surface area (Å²) >= 11 is 0. The molecule has 1 unspecified atom stereocenters. The van der Waals surface area contributed by atoms with Crippen LogP contribution < -0.4 is 10.6 Å². The van der Waals surface area contributed by atoms with Gasteiger partial charge in [-0.1, -0.05) is 18.2 Å². The van der Waals surface area contributed by atoms with Crippen molar-refractivity contribution in [3.8, 4) is 11.3 Å². The van der Waals surface area contributed by atoms with E-state index in [1.165, 1.54) is 18.5 Å². The summed E-state index contributed by atoms with van der Waals surface area (Å²) in [5.74, 6) is -0.0335. The maximum Gasteiger partial charge on any atom is 0.251 e. The van der Waals surface area contributed by atoms with Gasteiger partial charge in [0.1, 0.15) is 0 Å². The SMILES string of the molecule is Cc1cccc(C2=C(c3ccnc(-c4ccc(C(=O)NC5CCOCC5)cc4)c3)N3CCCCC3N2)n1. The Morgan fingerprint density at radius 1 is 1.00 bits per heavy atom. The molecule has 1 atom stereocenters. The summed E-state index contributed by atoms with van der Waals surface area (Å²) < 4.78 is 5.39. The maximum absolute atomic E-state index is 12.7. The molecule has 2 fully saturated rings. The molecule has 0 radical (unpaired) electrons. The quantitative estimate of drug-likeness (QED) is 0.539. The minimum Gasteiger partial charge on any atom is -0.381 e. The molecule has 0 bridgehead atoms. The number of hydrogen-bond acceptors (Lipinski definition) is 6. The number of ether oxygens (including phenoxy) is 1. The zero-order chi connectivity index (χ0) is 25.2. The molecule has 37 heavy (non-hydrogen) atoms. The monoisotopic (exact) mass is 495 g/mol. The molecule has 1 aromatic carbocycles. The van der Waals surface area contributed by atoms with Crippen LogP contribution in [0.1, 0.15) is 59.4 Å². The molecule has 7 nitrogen and oxygen atoms in total. The van der Waals surface area contributed by atoms with Crippen molar-refractivity contribution in [2.75, 3.05) is 19.8 Å². The molecule has 2 saturated heterocycles. The Morgan fingerprint density at radius 2 is 1.84 bits per heavy atom. The molecular formula is C30H33N5O2. The maximum atomic E-state index is 12.7. The minimum absolute atomic E-state index is 0.0335. The van der Waals surface area contributed by atoms with Crippen LogP contribution in [0.3, 0.4) is 0 Å². The number of aryl methyl sites for hydroxylation is 1. The second-order valence-corrected chi connectivity index (χ2v) is 10.1. The van der Waals surface area contributed by atoms with Gasteiger partial charge in [-0.05, 0) is 75.4 Å². The second-order valence-electron chi connectivity index (χ2n) is 10.1. The number of amides is 1. The Morgan fingerprint density at radius 3 is 2.65 bits per heavy atom. The Labute approximate surface area is 218 Å². The second kappa shape index (κ2) is 10.3. The summed E-state index contributed by atoms with van der Waals surface area (Å²) in [6.45, 7) is 4.47. The first-order valence-corrected chi connectivity index (χ1v) is 13.3. The van der Waals surface area contributed by atoms with Crippen molar-refractivity contribution < 1.29 is 9.53 Å². The number of rotatable bonds is 5. The average molecular weight is 496 g/mol. The highest BCUT2D eigenvalue weighted by Gasteiger charge is 2.35. The first kappa shape index (κ1) is 23.7. The number of pyridine rings is 2. The zero-order valence-corrected chi connectivity index (χ0v) is 21.2. The molecule has 190 valence electrons. The van der Waals surface area contributed by atoms with E-state index >= 15 is 0 Å². The summed E-state index contributed by atoms with van der Waals surface area (Å²) in [7, 11) is 0. The smallest absolute Gasteiger partial charge is 0.251 e. The molecule has 3 aliphatic heterocycles. The number of fused-ring (bicyclic) bond motifs is 1. The van der Waals surface area contributed by atoms with Gasteiger partial charge in [0.2, 0.25) is 0 Å². The summed E-state index contributed by atoms with van der Waals surface area (Å²) in [4.78, 5) is 24.7. The van der Waals surface area contributed by atoms with Crippen molar-refractivity contribution in [2.24, 2.45) is 0 Å². The van der Waals surface area contributed by atoms with Crippen LogP contribution in [0.25, 0.3) is 22.7 Å². The average Bonchev–Trinajstić information content (AvgIpc) is 3.34. The number of aromatic nitrogens is 2. The first-order chi connectivity index (χ1) is 18.2. The van der Waals surface area contributed by atoms with Gasteiger partial charge >= 0.3 is 0 Å². The van der Waals surface area contributed by atoms with Crippen molar-refractivity contribution in [3.05, 3.63) is 83.3 Å². The predicted octanol–water partition coefficient (Wildman–Crippen LogP) is 4.60. The molecule has 2 aromatic heterocycles. The van der Waals surface area contributed by atoms with E-state index in [-0.39, 0.29) is 11.9 Å². The largest absolute Gasteiger partial charge is 0.381 e. The number of nitrogens with zero attached hydrogens (tertiary/aromatic N) is 3. The van der Waals surface area contributed by atoms with Crippen molar-refractivity contribution in [1.82, 2.24) is 25.5 Å². The molecule has 6 rings (SSSR count). The van der Waals surface area contributed by atoms with Crippen LogP contribution in [0.5, 0.6) is 0 Å². The van der Waals surface area contributed by atoms with Gasteiger partial charge in [0.25, 0.3) is 5.91 Å². The molecule has 0 aliphatic carbocycles. The van der Waals surface area contributed by atoms with E-state index in [1.807, 2.05) is 43.5 Å². The lowest BCUT2D eigenvalue weighted by molar-refractivity contribution is 0.0696. The van der Waals surface area contributed by atoms with Crippen LogP contribution in [0.4, 0.5) is 0 Å². The lowest BCUT2D eigenvalue weighted by Crippen LogP contribution is -2.40. The van der Waals surface area contributed by atoms with E-state index < -0.39 is 0 Å². The van der Waals surface area contributed by atoms with Crippen molar-refractivity contribution >= 4 is 17.3 Å². The van der Waals surface area contributed by atoms with E-state index in [0.29, 0.717) is 24.9 Å². The van der Waals surface area contributed by atoms with E-state index in [4.69, 9.17) is 9.72 Å². The molecule has 2 N–H and O–H groups in total. The van der Waals surface area contributed by atoms with Gasteiger partial charge in [-0.3, -0.25) is 14.8 Å². The van der Waals surface area contributed by atoms with E-state index in [2.05, 4.69) is 44.8 Å². The number of carbonyl (C=O) groups is 1. The minimum atomic E-state index is -0.0335. The molecule has 5 heterocycles. The van der Waals surface area contributed by atoms with Gasteiger partial charge < -0.3 is 20.3 Å². The fourth-order valence-corrected chi connectivity index (χ4v) is 5.55. The van der Waals surface area contributed by atoms with E-state index in [1.54, 1.807) is 0 Å². The highest BCUT2D eigenvalue weighted by Crippen LogP contribution is 2.38. The van der Waals surface area contributed by atoms with Gasteiger partial charge in [-0.25, -0.2) is 0 Å². The topological polar surface area (TPSA) is 79.4 Å². The Bertz CT molecular complexity index is 1310. The van der Waals surface area contributed by atoms with Crippen LogP contribution >= 0.6 is 0 Å². The molecule has 1 amide bonds. The fourth-order valence-electron chi connectivity index (χ4n) is 5.55. The molecule has 7 heteroatoms. The molecule has 3 aromatic rings. The third-order valence-corrected chi connectivity index (χ3v) is 7.51. The molecular weight excluding hydrogens is 462 g/mol. The lowest BCUT2D eigenvalue weighted by atomic mass is 10.0. The standard InChI is InChI=1S/C30H33N5O2/c1-20-5-4-6-25(32-20)28-29(35-16-3-2-7-27(35)34-28)23-12-15-31-26(19-23)21-8-10-22(11-9-21)30(36)33-24-13-17-37-18-14-24/h4-6,8-12,15,19,24,27,34H,2-3,7,13-14,16-18H2,1H3,(H,33,36). The lowest BCUT2D eigenvalue weighted by Gasteiger charge is -2.33. The van der Waals surface area contributed by atoms with Gasteiger partial charge in [-0.15, -0.1) is 0 Å². The first-order valence-electron chi connectivity index (χ1n) is 13.3. The molecule has 0 spiro atoms. The third kappa shape index (κ3) is 4.96. The Hall–Kier alpha value is -3.71. The van der Waals surface area contributed by atoms with Crippen LogP contribution in [0.2, 0.25) is 0 Å². The van der Waals surface area contributed by atoms with Crippen LogP contribution in [-0.4, -0.2) is 52.7 Å². The predicted molar refractivity (Wildman–Crippen MR) is 144 cm³/mol. The molecule has 3 aliphatic rings. The number of benzene rings is 1. The number of piperidine rings is 1. The summed E-state index contributed by atoms with van der Waals surface area (Å²) in [6.07, 6.45) is 7.44. The van der Waals surface area contributed by atoms with Gasteiger partial charge in [-0.2, -0.15) is 0 Å². The Kier molecular flexibility index (Phi) is 6.62.